The number of nitrogens with zero attached hydrogens (tertiary/aromatic N) is 1. The Kier molecular flexibility index (Phi) is 4.65. The molecule has 1 heterocycles. The van der Waals surface area contributed by atoms with E-state index in [4.69, 9.17) is 4.55 Å². The van der Waals surface area contributed by atoms with Gasteiger partial charge in [0.15, 0.2) is 11.1 Å². The molecule has 1 aromatic heterocycles. The summed E-state index contributed by atoms with van der Waals surface area (Å²) in [4.78, 5) is 4.01. The van der Waals surface area contributed by atoms with Crippen molar-refractivity contribution in [3.05, 3.63) is 22.4 Å². The molecule has 2 unspecified atom stereocenters. The molecule has 0 amide bonds. The molecule has 0 fully saturated rings. The van der Waals surface area contributed by atoms with Crippen molar-refractivity contribution >= 4 is 42.9 Å². The molecule has 4 nitrogen and oxygen atoms in total. The van der Waals surface area contributed by atoms with E-state index >= 15 is 0 Å². The number of halogens is 2. The third-order valence-electron chi connectivity index (χ3n) is 1.50. The predicted molar refractivity (Wildman–Crippen MR) is 59.7 cm³/mol. The highest BCUT2D eigenvalue weighted by Crippen LogP contribution is 2.23. The van der Waals surface area contributed by atoms with Gasteiger partial charge in [-0.1, -0.05) is 15.9 Å². The average molecular weight is 345 g/mol. The molecule has 0 saturated heterocycles. The standard InChI is InChI=1S/C7H7Br2NO3S/c8-2-5(11)7-6(14(12)13)1-4(9)3-10-7/h1,3,5,11H,2H2,(H,12,13). The Morgan fingerprint density at radius 1 is 1.64 bits per heavy atom. The molecule has 0 aliphatic carbocycles. The van der Waals surface area contributed by atoms with Crippen LogP contribution in [0.2, 0.25) is 0 Å². The molecule has 0 spiro atoms. The topological polar surface area (TPSA) is 70.4 Å². The Balaban J connectivity index is 3.21. The first-order chi connectivity index (χ1) is 6.56. The van der Waals surface area contributed by atoms with Gasteiger partial charge in [-0.2, -0.15) is 0 Å². The first-order valence-corrected chi connectivity index (χ1v) is 6.58. The van der Waals surface area contributed by atoms with Crippen LogP contribution in [0.5, 0.6) is 0 Å². The molecule has 0 bridgehead atoms. The number of aliphatic hydroxyl groups excluding tert-OH is 1. The summed E-state index contributed by atoms with van der Waals surface area (Å²) in [5, 5.41) is 9.75. The molecule has 7 heteroatoms. The van der Waals surface area contributed by atoms with Crippen molar-refractivity contribution in [2.24, 2.45) is 0 Å². The van der Waals surface area contributed by atoms with E-state index in [1.807, 2.05) is 0 Å². The Hall–Kier alpha value is 0.180. The third kappa shape index (κ3) is 2.83. The van der Waals surface area contributed by atoms with Gasteiger partial charge in [0.25, 0.3) is 0 Å². The average Bonchev–Trinajstić information content (AvgIpc) is 2.16. The van der Waals surface area contributed by atoms with Crippen LogP contribution in [0.1, 0.15) is 11.8 Å². The molecular formula is C7H7Br2NO3S. The number of rotatable bonds is 3. The van der Waals surface area contributed by atoms with E-state index in [0.717, 1.165) is 0 Å². The summed E-state index contributed by atoms with van der Waals surface area (Å²) < 4.78 is 20.5. The molecule has 14 heavy (non-hydrogen) atoms. The number of hydrogen-bond donors (Lipinski definition) is 2. The summed E-state index contributed by atoms with van der Waals surface area (Å²) in [6, 6.07) is 1.46. The van der Waals surface area contributed by atoms with Crippen molar-refractivity contribution in [2.45, 2.75) is 11.0 Å². The maximum Gasteiger partial charge on any atom is 0.188 e. The lowest BCUT2D eigenvalue weighted by Gasteiger charge is -2.09. The van der Waals surface area contributed by atoms with Gasteiger partial charge >= 0.3 is 0 Å². The van der Waals surface area contributed by atoms with Crippen molar-refractivity contribution in [1.82, 2.24) is 4.98 Å². The highest BCUT2D eigenvalue weighted by atomic mass is 79.9. The van der Waals surface area contributed by atoms with Gasteiger partial charge in [-0.15, -0.1) is 0 Å². The Morgan fingerprint density at radius 2 is 2.29 bits per heavy atom. The van der Waals surface area contributed by atoms with Gasteiger partial charge in [-0.05, 0) is 22.0 Å². The maximum absolute atomic E-state index is 10.9. The van der Waals surface area contributed by atoms with E-state index in [0.29, 0.717) is 4.47 Å². The number of hydrogen-bond acceptors (Lipinski definition) is 3. The van der Waals surface area contributed by atoms with Crippen LogP contribution in [-0.4, -0.2) is 24.2 Å². The monoisotopic (exact) mass is 343 g/mol. The molecule has 2 atom stereocenters. The Labute approximate surface area is 100 Å². The van der Waals surface area contributed by atoms with Gasteiger partial charge in [0, 0.05) is 16.0 Å². The van der Waals surface area contributed by atoms with Crippen LogP contribution in [0.3, 0.4) is 0 Å². The van der Waals surface area contributed by atoms with Crippen molar-refractivity contribution in [3.63, 3.8) is 0 Å². The normalized spacial score (nSPS) is 15.1. The van der Waals surface area contributed by atoms with E-state index in [1.54, 1.807) is 0 Å². The van der Waals surface area contributed by atoms with Gasteiger partial charge < -0.3 is 9.66 Å². The number of pyridine rings is 1. The lowest BCUT2D eigenvalue weighted by molar-refractivity contribution is 0.196. The summed E-state index contributed by atoms with van der Waals surface area (Å²) in [6.07, 6.45) is 0.589. The van der Waals surface area contributed by atoms with Crippen molar-refractivity contribution in [3.8, 4) is 0 Å². The van der Waals surface area contributed by atoms with E-state index in [1.165, 1.54) is 12.3 Å². The number of aliphatic hydroxyl groups is 1. The minimum absolute atomic E-state index is 0.117. The smallest absolute Gasteiger partial charge is 0.188 e. The Bertz CT molecular complexity index is 361. The van der Waals surface area contributed by atoms with E-state index in [2.05, 4.69) is 36.8 Å². The fourth-order valence-electron chi connectivity index (χ4n) is 0.894. The summed E-state index contributed by atoms with van der Waals surface area (Å²) in [5.74, 6) is 0. The molecule has 0 aromatic carbocycles. The second kappa shape index (κ2) is 5.32. The first kappa shape index (κ1) is 12.3. The van der Waals surface area contributed by atoms with Crippen LogP contribution >= 0.6 is 31.9 Å². The highest BCUT2D eigenvalue weighted by Gasteiger charge is 2.16. The number of aromatic nitrogens is 1. The maximum atomic E-state index is 10.9. The van der Waals surface area contributed by atoms with Crippen molar-refractivity contribution in [1.29, 1.82) is 0 Å². The summed E-state index contributed by atoms with van der Waals surface area (Å²) in [5.41, 5.74) is 0.214. The fourth-order valence-corrected chi connectivity index (χ4v) is 2.28. The number of alkyl halides is 1. The summed E-state index contributed by atoms with van der Waals surface area (Å²) in [7, 11) is 0. The molecule has 2 N–H and O–H groups in total. The highest BCUT2D eigenvalue weighted by molar-refractivity contribution is 9.10. The van der Waals surface area contributed by atoms with Gasteiger partial charge in [0.2, 0.25) is 0 Å². The molecule has 0 aliphatic heterocycles. The molecule has 1 aromatic rings. The van der Waals surface area contributed by atoms with Gasteiger partial charge in [0.05, 0.1) is 10.6 Å². The second-order valence-corrected chi connectivity index (χ2v) is 4.96. The lowest BCUT2D eigenvalue weighted by atomic mass is 10.2. The largest absolute Gasteiger partial charge is 0.386 e. The predicted octanol–water partition coefficient (Wildman–Crippen LogP) is 1.85. The van der Waals surface area contributed by atoms with Crippen LogP contribution in [0.25, 0.3) is 0 Å². The minimum Gasteiger partial charge on any atom is -0.386 e. The molecule has 0 saturated carbocycles. The van der Waals surface area contributed by atoms with Gasteiger partial charge in [0.1, 0.15) is 6.10 Å². The van der Waals surface area contributed by atoms with E-state index < -0.39 is 17.2 Å². The van der Waals surface area contributed by atoms with E-state index in [9.17, 15) is 9.32 Å². The molecule has 0 aliphatic rings. The van der Waals surface area contributed by atoms with Crippen LogP contribution in [-0.2, 0) is 11.1 Å². The summed E-state index contributed by atoms with van der Waals surface area (Å²) >= 11 is 4.06. The van der Waals surface area contributed by atoms with Gasteiger partial charge in [-0.3, -0.25) is 4.98 Å². The SMILES string of the molecule is O=S(O)c1cc(Br)cnc1C(O)CBr. The molecule has 1 rings (SSSR count). The fraction of sp³-hybridized carbons (Fsp3) is 0.286. The van der Waals surface area contributed by atoms with Gasteiger partial charge in [-0.25, -0.2) is 4.21 Å². The van der Waals surface area contributed by atoms with Crippen molar-refractivity contribution < 1.29 is 13.9 Å². The molecule has 78 valence electrons. The quantitative estimate of drug-likeness (QED) is 0.648. The van der Waals surface area contributed by atoms with Crippen LogP contribution in [0.4, 0.5) is 0 Å². The molecule has 0 radical (unpaired) electrons. The van der Waals surface area contributed by atoms with Crippen molar-refractivity contribution in [2.75, 3.05) is 5.33 Å². The first-order valence-electron chi connectivity index (χ1n) is 3.56. The third-order valence-corrected chi connectivity index (χ3v) is 3.25. The van der Waals surface area contributed by atoms with Crippen LogP contribution in [0.15, 0.2) is 21.6 Å². The lowest BCUT2D eigenvalue weighted by Crippen LogP contribution is -2.07. The zero-order chi connectivity index (χ0) is 10.7. The van der Waals surface area contributed by atoms with Crippen LogP contribution in [0, 0.1) is 0 Å². The minimum atomic E-state index is -2.15. The second-order valence-electron chi connectivity index (χ2n) is 2.46. The zero-order valence-corrected chi connectivity index (χ0v) is 10.8. The molecular weight excluding hydrogens is 338 g/mol. The zero-order valence-electron chi connectivity index (χ0n) is 6.85. The van der Waals surface area contributed by atoms with Crippen LogP contribution < -0.4 is 0 Å². The van der Waals surface area contributed by atoms with E-state index in [-0.39, 0.29) is 15.9 Å². The Morgan fingerprint density at radius 3 is 2.79 bits per heavy atom. The summed E-state index contributed by atoms with van der Waals surface area (Å²) in [6.45, 7) is 0.